The van der Waals surface area contributed by atoms with Crippen molar-refractivity contribution in [1.29, 1.82) is 0 Å². The Labute approximate surface area is 146 Å². The molecule has 0 heterocycles. The summed E-state index contributed by atoms with van der Waals surface area (Å²) in [6.45, 7) is 4.55. The summed E-state index contributed by atoms with van der Waals surface area (Å²) in [6.07, 6.45) is 1.25. The van der Waals surface area contributed by atoms with E-state index < -0.39 is 5.97 Å². The molecule has 0 atom stereocenters. The van der Waals surface area contributed by atoms with Crippen LogP contribution in [0.15, 0.2) is 18.2 Å². The van der Waals surface area contributed by atoms with Crippen molar-refractivity contribution >= 4 is 35.1 Å². The van der Waals surface area contributed by atoms with E-state index in [1.807, 2.05) is 13.8 Å². The molecule has 24 heavy (non-hydrogen) atoms. The molecule has 0 fully saturated rings. The highest BCUT2D eigenvalue weighted by molar-refractivity contribution is 6.34. The second-order valence-electron chi connectivity index (χ2n) is 5.95. The van der Waals surface area contributed by atoms with Gasteiger partial charge in [-0.15, -0.1) is 0 Å². The summed E-state index contributed by atoms with van der Waals surface area (Å²) in [4.78, 5) is 34.2. The Balaban J connectivity index is 2.53. The van der Waals surface area contributed by atoms with Crippen molar-refractivity contribution in [3.63, 3.8) is 0 Å². The highest BCUT2D eigenvalue weighted by Crippen LogP contribution is 2.21. The van der Waals surface area contributed by atoms with Crippen LogP contribution in [0.2, 0.25) is 5.02 Å². The summed E-state index contributed by atoms with van der Waals surface area (Å²) in [7, 11) is 0. The van der Waals surface area contributed by atoms with Gasteiger partial charge < -0.3 is 15.7 Å². The molecule has 0 aromatic heterocycles. The lowest BCUT2D eigenvalue weighted by atomic mass is 10.1. The first-order valence-electron chi connectivity index (χ1n) is 7.89. The predicted octanol–water partition coefficient (Wildman–Crippen LogP) is 3.31. The molecule has 0 radical (unpaired) electrons. The maximum atomic E-state index is 12.0. The molecule has 3 N–H and O–H groups in total. The van der Waals surface area contributed by atoms with Crippen molar-refractivity contribution in [1.82, 2.24) is 5.32 Å². The normalized spacial score (nSPS) is 10.5. The molecule has 0 aliphatic carbocycles. The van der Waals surface area contributed by atoms with Crippen LogP contribution >= 0.6 is 11.6 Å². The van der Waals surface area contributed by atoms with Gasteiger partial charge in [0.2, 0.25) is 5.91 Å². The van der Waals surface area contributed by atoms with Crippen LogP contribution in [0.4, 0.5) is 5.69 Å². The first-order valence-corrected chi connectivity index (χ1v) is 8.26. The van der Waals surface area contributed by atoms with E-state index in [1.54, 1.807) is 12.1 Å². The highest BCUT2D eigenvalue weighted by Gasteiger charge is 2.12. The third-order valence-corrected chi connectivity index (χ3v) is 3.53. The number of benzene rings is 1. The number of aliphatic carboxylic acids is 1. The third kappa shape index (κ3) is 7.46. The summed E-state index contributed by atoms with van der Waals surface area (Å²) in [5, 5.41) is 14.3. The molecule has 1 rings (SSSR count). The van der Waals surface area contributed by atoms with Crippen molar-refractivity contribution in [2.75, 3.05) is 11.9 Å². The van der Waals surface area contributed by atoms with Crippen molar-refractivity contribution in [2.24, 2.45) is 5.92 Å². The fourth-order valence-corrected chi connectivity index (χ4v) is 2.22. The van der Waals surface area contributed by atoms with Gasteiger partial charge in [0.1, 0.15) is 0 Å². The summed E-state index contributed by atoms with van der Waals surface area (Å²) in [5.41, 5.74) is 0.861. The van der Waals surface area contributed by atoms with Gasteiger partial charge in [0.05, 0.1) is 10.6 Å². The number of carboxylic acids is 1. The smallest absolute Gasteiger partial charge is 0.303 e. The minimum absolute atomic E-state index is 0.0549. The molecule has 0 saturated carbocycles. The molecule has 0 spiro atoms. The summed E-state index contributed by atoms with van der Waals surface area (Å²) >= 11 is 6.11. The van der Waals surface area contributed by atoms with E-state index in [2.05, 4.69) is 10.6 Å². The van der Waals surface area contributed by atoms with Gasteiger partial charge in [-0.1, -0.05) is 25.4 Å². The first-order chi connectivity index (χ1) is 11.3. The monoisotopic (exact) mass is 354 g/mol. The molecule has 0 aliphatic rings. The summed E-state index contributed by atoms with van der Waals surface area (Å²) in [5.74, 6) is -0.991. The highest BCUT2D eigenvalue weighted by atomic mass is 35.5. The average Bonchev–Trinajstić information content (AvgIpc) is 2.49. The van der Waals surface area contributed by atoms with Crippen molar-refractivity contribution in [3.05, 3.63) is 28.8 Å². The first kappa shape index (κ1) is 20.0. The number of carboxylic acid groups (broad SMARTS) is 1. The Morgan fingerprint density at radius 1 is 1.17 bits per heavy atom. The van der Waals surface area contributed by atoms with Crippen LogP contribution < -0.4 is 10.6 Å². The minimum atomic E-state index is -0.867. The van der Waals surface area contributed by atoms with E-state index in [-0.39, 0.29) is 29.7 Å². The Kier molecular flexibility index (Phi) is 8.26. The zero-order chi connectivity index (χ0) is 18.1. The second kappa shape index (κ2) is 9.93. The number of nitrogens with one attached hydrogen (secondary N) is 2. The van der Waals surface area contributed by atoms with Gasteiger partial charge in [-0.2, -0.15) is 0 Å². The van der Waals surface area contributed by atoms with Crippen molar-refractivity contribution < 1.29 is 19.5 Å². The molecule has 0 aliphatic heterocycles. The number of hydrogen-bond donors (Lipinski definition) is 3. The molecular weight excluding hydrogens is 332 g/mol. The molecule has 1 aromatic rings. The minimum Gasteiger partial charge on any atom is -0.481 e. The van der Waals surface area contributed by atoms with Crippen LogP contribution in [0.5, 0.6) is 0 Å². The lowest BCUT2D eigenvalue weighted by Crippen LogP contribution is -2.27. The second-order valence-corrected chi connectivity index (χ2v) is 6.35. The van der Waals surface area contributed by atoms with Gasteiger partial charge in [0, 0.05) is 25.1 Å². The molecule has 2 amide bonds. The van der Waals surface area contributed by atoms with Gasteiger partial charge in [0.15, 0.2) is 0 Å². The topological polar surface area (TPSA) is 95.5 Å². The number of amides is 2. The third-order valence-electron chi connectivity index (χ3n) is 3.21. The zero-order valence-electron chi connectivity index (χ0n) is 13.9. The predicted molar refractivity (Wildman–Crippen MR) is 93.4 cm³/mol. The fraction of sp³-hybridized carbons (Fsp3) is 0.471. The summed E-state index contributed by atoms with van der Waals surface area (Å²) in [6, 6.07) is 4.71. The lowest BCUT2D eigenvalue weighted by molar-refractivity contribution is -0.137. The molecule has 0 unspecified atom stereocenters. The molecule has 0 bridgehead atoms. The van der Waals surface area contributed by atoms with E-state index in [1.165, 1.54) is 6.07 Å². The number of carbonyl (C=O) groups is 3. The molecule has 7 heteroatoms. The maximum absolute atomic E-state index is 12.0. The van der Waals surface area contributed by atoms with E-state index in [0.29, 0.717) is 36.6 Å². The van der Waals surface area contributed by atoms with Gasteiger partial charge in [0.25, 0.3) is 5.91 Å². The van der Waals surface area contributed by atoms with E-state index in [9.17, 15) is 14.4 Å². The molecule has 6 nitrogen and oxygen atoms in total. The van der Waals surface area contributed by atoms with Crippen LogP contribution in [-0.4, -0.2) is 29.4 Å². The number of halogens is 1. The standard InChI is InChI=1S/C17H23ClN2O4/c1-11(2)10-19-17(24)13-8-7-12(9-14(13)18)20-15(21)5-3-4-6-16(22)23/h7-9,11H,3-6,10H2,1-2H3,(H,19,24)(H,20,21)(H,22,23). The Morgan fingerprint density at radius 2 is 1.83 bits per heavy atom. The van der Waals surface area contributed by atoms with Gasteiger partial charge in [-0.25, -0.2) is 0 Å². The molecular formula is C17H23ClN2O4. The number of hydrogen-bond acceptors (Lipinski definition) is 3. The van der Waals surface area contributed by atoms with E-state index in [0.717, 1.165) is 0 Å². The van der Waals surface area contributed by atoms with Crippen LogP contribution in [0.3, 0.4) is 0 Å². The average molecular weight is 355 g/mol. The Morgan fingerprint density at radius 3 is 2.42 bits per heavy atom. The maximum Gasteiger partial charge on any atom is 0.303 e. The Hall–Kier alpha value is -2.08. The van der Waals surface area contributed by atoms with E-state index >= 15 is 0 Å². The molecule has 1 aromatic carbocycles. The van der Waals surface area contributed by atoms with Crippen molar-refractivity contribution in [2.45, 2.75) is 39.5 Å². The van der Waals surface area contributed by atoms with Crippen LogP contribution in [0.1, 0.15) is 49.9 Å². The number of carbonyl (C=O) groups excluding carboxylic acids is 2. The SMILES string of the molecule is CC(C)CNC(=O)c1ccc(NC(=O)CCCCC(=O)O)cc1Cl. The number of anilines is 1. The zero-order valence-corrected chi connectivity index (χ0v) is 14.7. The fourth-order valence-electron chi connectivity index (χ4n) is 1.95. The Bertz CT molecular complexity index is 602. The van der Waals surface area contributed by atoms with Crippen LogP contribution in [0, 0.1) is 5.92 Å². The number of rotatable bonds is 9. The lowest BCUT2D eigenvalue weighted by Gasteiger charge is -2.10. The van der Waals surface area contributed by atoms with Gasteiger partial charge in [-0.05, 0) is 37.0 Å². The largest absolute Gasteiger partial charge is 0.481 e. The van der Waals surface area contributed by atoms with Gasteiger partial charge in [-0.3, -0.25) is 14.4 Å². The number of unbranched alkanes of at least 4 members (excludes halogenated alkanes) is 1. The van der Waals surface area contributed by atoms with Crippen LogP contribution in [0.25, 0.3) is 0 Å². The van der Waals surface area contributed by atoms with Crippen molar-refractivity contribution in [3.8, 4) is 0 Å². The van der Waals surface area contributed by atoms with Crippen LogP contribution in [-0.2, 0) is 9.59 Å². The van der Waals surface area contributed by atoms with E-state index in [4.69, 9.17) is 16.7 Å². The quantitative estimate of drug-likeness (QED) is 0.593. The summed E-state index contributed by atoms with van der Waals surface area (Å²) < 4.78 is 0. The molecule has 0 saturated heterocycles. The molecule has 132 valence electrons. The van der Waals surface area contributed by atoms with Gasteiger partial charge >= 0.3 is 5.97 Å².